The van der Waals surface area contributed by atoms with Gasteiger partial charge in [-0.1, -0.05) is 33.8 Å². The summed E-state index contributed by atoms with van der Waals surface area (Å²) in [4.78, 5) is 21.1. The highest BCUT2D eigenvalue weighted by Crippen LogP contribution is 1.90. The molecule has 0 amide bonds. The highest BCUT2D eigenvalue weighted by Gasteiger charge is 2.10. The molecule has 27 heavy (non-hydrogen) atoms. The van der Waals surface area contributed by atoms with Gasteiger partial charge in [-0.3, -0.25) is 4.79 Å². The second-order valence-corrected chi connectivity index (χ2v) is 4.69. The van der Waals surface area contributed by atoms with E-state index in [4.69, 9.17) is 7.06 Å². The van der Waals surface area contributed by atoms with Crippen LogP contribution in [0.15, 0.2) is 12.6 Å². The van der Waals surface area contributed by atoms with E-state index in [1.165, 1.54) is 20.8 Å². The van der Waals surface area contributed by atoms with E-state index >= 15 is 0 Å². The lowest BCUT2D eigenvalue weighted by molar-refractivity contribution is -0.150. The smallest absolute Gasteiger partial charge is 0.334 e. The van der Waals surface area contributed by atoms with Crippen molar-refractivity contribution in [1.29, 1.82) is 2.86 Å². The summed E-state index contributed by atoms with van der Waals surface area (Å²) in [5.41, 5.74) is 4.35. The fourth-order valence-corrected chi connectivity index (χ4v) is 0.607. The molecule has 0 saturated heterocycles. The van der Waals surface area contributed by atoms with E-state index in [0.29, 0.717) is 19.4 Å². The van der Waals surface area contributed by atoms with Gasteiger partial charge in [-0.15, -0.1) is 6.55 Å². The number of rotatable bonds is 10. The molecule has 8 heteroatoms. The van der Waals surface area contributed by atoms with E-state index < -0.39 is 18.1 Å². The van der Waals surface area contributed by atoms with Crippen LogP contribution >= 0.6 is 0 Å². The van der Waals surface area contributed by atoms with E-state index in [1.54, 1.807) is 13.0 Å². The van der Waals surface area contributed by atoms with Crippen LogP contribution in [0, 0.1) is 0 Å². The van der Waals surface area contributed by atoms with Crippen LogP contribution in [0.4, 0.5) is 0 Å². The molecule has 166 valence electrons. The van der Waals surface area contributed by atoms with Crippen molar-refractivity contribution < 1.29 is 33.5 Å². The summed E-state index contributed by atoms with van der Waals surface area (Å²) < 4.78 is 40.4. The third kappa shape index (κ3) is 45.6. The molecule has 8 nitrogen and oxygen atoms in total. The summed E-state index contributed by atoms with van der Waals surface area (Å²) in [6.07, 6.45) is 3.97. The third-order valence-electron chi connectivity index (χ3n) is 2.18. The molecule has 0 aromatic heterocycles. The van der Waals surface area contributed by atoms with Gasteiger partial charge in [0.2, 0.25) is 2.86 Å². The Hall–Kier alpha value is -1.48. The normalized spacial score (nSPS) is 13.2. The predicted octanol–water partition coefficient (Wildman–Crippen LogP) is 1.76. The van der Waals surface area contributed by atoms with E-state index in [1.807, 2.05) is 27.7 Å². The van der Waals surface area contributed by atoms with Crippen molar-refractivity contribution >= 4 is 11.9 Å². The molecule has 2 atom stereocenters. The zero-order chi connectivity index (χ0) is 26.2. The van der Waals surface area contributed by atoms with Crippen LogP contribution in [0.2, 0.25) is 2.82 Å². The Morgan fingerprint density at radius 2 is 1.78 bits per heavy atom. The molecule has 0 bridgehead atoms. The van der Waals surface area contributed by atoms with Gasteiger partial charge in [-0.05, 0) is 39.2 Å². The minimum absolute atomic E-state index is 0.382. The first-order chi connectivity index (χ1) is 15.3. The molecular formula is C19H44N2O6. The summed E-state index contributed by atoms with van der Waals surface area (Å²) in [6.45, 7) is 12.0. The molecule has 0 aromatic carbocycles. The van der Waals surface area contributed by atoms with Crippen molar-refractivity contribution in [3.63, 3.8) is 0 Å². The minimum atomic E-state index is -0.727. The molecule has 0 saturated carbocycles. The molecule has 0 aliphatic carbocycles. The fourth-order valence-electron chi connectivity index (χ4n) is 0.607. The average Bonchev–Trinajstić information content (AvgIpc) is 2.82. The Kier molecular flexibility index (Phi) is 31.1. The van der Waals surface area contributed by atoms with Gasteiger partial charge >= 0.3 is 11.9 Å². The minimum Gasteiger partial charge on any atom is -0.468 e. The molecule has 0 aliphatic rings. The van der Waals surface area contributed by atoms with Crippen molar-refractivity contribution in [3.05, 3.63) is 12.6 Å². The number of methoxy groups -OCH3 is 2. The van der Waals surface area contributed by atoms with Crippen LogP contribution in [0.5, 0.6) is 0 Å². The van der Waals surface area contributed by atoms with Crippen LogP contribution in [0.3, 0.4) is 0 Å². The fraction of sp³-hybridized carbons (Fsp3) is 0.789. The van der Waals surface area contributed by atoms with Gasteiger partial charge < -0.3 is 31.1 Å². The monoisotopic (exact) mass is 401 g/mol. The van der Waals surface area contributed by atoms with E-state index in [0.717, 1.165) is 19.4 Å². The SMILES string of the molecule is [2H]C=CC.[2H]NC(CC)C(=O)OC.[2H]NCCC.[2H]OC(CC)C(=O)OC.[2H]OCCC. The molecule has 0 heterocycles. The number of carbonyl (C=O) groups excluding carboxylic acids is 2. The first-order valence-corrected chi connectivity index (χ1v) is 8.93. The molecule has 0 aliphatic heterocycles. The van der Waals surface area contributed by atoms with Gasteiger partial charge in [0.25, 0.3) is 0 Å². The first-order valence-electron chi connectivity index (χ1n) is 11.3. The van der Waals surface area contributed by atoms with Crippen LogP contribution in [0.1, 0.15) is 61.7 Å². The standard InChI is InChI=1S/C5H11NO2.C5H10O3.C3H9N.C3H8O.C3H6/c2*1-3-4(6)5(7)8-2;2*1-2-3-4;1-3-2/h4H,3,6H2,1-2H3;4,6H,3H2,1-2H3;2-4H2,1H3;4H,2-3H2,1H3;3H,1H2,2H3/i;6D;;4D;1D/hD2. The van der Waals surface area contributed by atoms with Crippen molar-refractivity contribution in [2.24, 2.45) is 11.5 Å². The maximum Gasteiger partial charge on any atom is 0.334 e. The van der Waals surface area contributed by atoms with Crippen LogP contribution < -0.4 is 11.5 Å². The molecule has 6 N–H and O–H groups in total. The Morgan fingerprint density at radius 3 is 1.85 bits per heavy atom. The molecule has 0 radical (unpaired) electrons. The Morgan fingerprint density at radius 1 is 1.19 bits per heavy atom. The number of hydrogen-bond acceptors (Lipinski definition) is 8. The van der Waals surface area contributed by atoms with Crippen molar-refractivity contribution in [1.82, 2.24) is 0 Å². The summed E-state index contributed by atoms with van der Waals surface area (Å²) in [7, 11) is 2.58. The maximum atomic E-state index is 10.6. The van der Waals surface area contributed by atoms with Gasteiger partial charge in [-0.25, -0.2) is 4.79 Å². The number of ether oxygens (including phenoxy) is 2. The predicted molar refractivity (Wildman–Crippen MR) is 111 cm³/mol. The number of esters is 2. The number of nitrogens with two attached hydrogens (primary N) is 2. The third-order valence-corrected chi connectivity index (χ3v) is 2.18. The molecule has 0 aromatic rings. The summed E-state index contributed by atoms with van der Waals surface area (Å²) in [5, 5.41) is 7.97. The molecular weight excluding hydrogens is 352 g/mol. The Bertz CT molecular complexity index is 351. The zero-order valence-corrected chi connectivity index (χ0v) is 18.0. The lowest BCUT2D eigenvalue weighted by atomic mass is 10.2. The quantitative estimate of drug-likeness (QED) is 0.320. The van der Waals surface area contributed by atoms with E-state index in [9.17, 15) is 9.59 Å². The second-order valence-electron chi connectivity index (χ2n) is 4.69. The molecule has 2 unspecified atom stereocenters. The van der Waals surface area contributed by atoms with Crippen molar-refractivity contribution in [2.45, 2.75) is 72.4 Å². The average molecular weight is 402 g/mol. The maximum absolute atomic E-state index is 10.6. The first kappa shape index (κ1) is 23.6. The molecule has 0 fully saturated rings. The Balaban J connectivity index is -0.0000000989. The van der Waals surface area contributed by atoms with Gasteiger partial charge in [0.05, 0.1) is 15.6 Å². The van der Waals surface area contributed by atoms with Gasteiger partial charge in [0, 0.05) is 6.61 Å². The lowest BCUT2D eigenvalue weighted by Crippen LogP contribution is -2.30. The van der Waals surface area contributed by atoms with Gasteiger partial charge in [0.1, 0.15) is 8.87 Å². The van der Waals surface area contributed by atoms with E-state index in [2.05, 4.69) is 31.1 Å². The summed E-state index contributed by atoms with van der Waals surface area (Å²) >= 11 is 0. The van der Waals surface area contributed by atoms with Gasteiger partial charge in [-0.2, -0.15) is 0 Å². The van der Waals surface area contributed by atoms with E-state index in [-0.39, 0.29) is 5.97 Å². The van der Waals surface area contributed by atoms with Crippen molar-refractivity contribution in [3.8, 4) is 0 Å². The summed E-state index contributed by atoms with van der Waals surface area (Å²) in [6, 6.07) is -0.477. The lowest BCUT2D eigenvalue weighted by Gasteiger charge is -2.03. The highest BCUT2D eigenvalue weighted by atomic mass is 16.5. The highest BCUT2D eigenvalue weighted by molar-refractivity contribution is 5.75. The molecule has 0 rings (SSSR count). The van der Waals surface area contributed by atoms with Gasteiger partial charge in [0.15, 0.2) is 6.10 Å². The summed E-state index contributed by atoms with van der Waals surface area (Å²) in [5.74, 6) is -0.875. The topological polar surface area (TPSA) is 145 Å². The van der Waals surface area contributed by atoms with Crippen LogP contribution in [-0.4, -0.2) is 64.5 Å². The number of aliphatic hydroxyl groups is 2. The number of aliphatic hydroxyl groups excluding tert-OH is 2. The largest absolute Gasteiger partial charge is 0.468 e. The second kappa shape index (κ2) is 35.6. The van der Waals surface area contributed by atoms with Crippen LogP contribution in [-0.2, 0) is 19.1 Å². The van der Waals surface area contributed by atoms with Crippen molar-refractivity contribution in [2.75, 3.05) is 27.4 Å². The van der Waals surface area contributed by atoms with Crippen LogP contribution in [0.25, 0.3) is 0 Å². The number of carbonyl (C=O) groups is 2. The number of allylic oxidation sites excluding steroid dienone is 1. The molecule has 0 spiro atoms. The zero-order valence-electron chi connectivity index (χ0n) is 23.0. The number of hydrogen-bond donors (Lipinski definition) is 4. The Labute approximate surface area is 173 Å².